The first-order chi connectivity index (χ1) is 12.8. The normalized spacial score (nSPS) is 24.4. The number of hydrogen-bond acceptors (Lipinski definition) is 5. The Morgan fingerprint density at radius 1 is 0.821 bits per heavy atom. The summed E-state index contributed by atoms with van der Waals surface area (Å²) in [5.74, 6) is 0.686. The van der Waals surface area contributed by atoms with Crippen LogP contribution in [0.5, 0.6) is 5.75 Å². The highest BCUT2D eigenvalue weighted by Gasteiger charge is 2.56. The van der Waals surface area contributed by atoms with Gasteiger partial charge in [0.25, 0.3) is 0 Å². The quantitative estimate of drug-likeness (QED) is 0.576. The first kappa shape index (κ1) is 21.4. The molecule has 0 saturated carbocycles. The highest BCUT2D eigenvalue weighted by Crippen LogP contribution is 2.39. The minimum Gasteiger partial charge on any atom is -0.490 e. The molecule has 0 unspecified atom stereocenters. The van der Waals surface area contributed by atoms with Gasteiger partial charge >= 0.3 is 14.2 Å². The van der Waals surface area contributed by atoms with E-state index in [0.717, 1.165) is 10.9 Å². The molecular formula is C21H32B2O5. The van der Waals surface area contributed by atoms with Crippen molar-refractivity contribution in [3.63, 3.8) is 0 Å². The summed E-state index contributed by atoms with van der Waals surface area (Å²) in [6.07, 6.45) is 1.72. The van der Waals surface area contributed by atoms with E-state index in [4.69, 9.17) is 23.4 Å². The number of benzene rings is 1. The fourth-order valence-electron chi connectivity index (χ4n) is 3.22. The van der Waals surface area contributed by atoms with Gasteiger partial charge in [-0.3, -0.25) is 0 Å². The molecule has 0 atom stereocenters. The van der Waals surface area contributed by atoms with Crippen LogP contribution in [0.25, 0.3) is 0 Å². The Balaban J connectivity index is 2.06. The number of ether oxygens (including phenoxy) is 1. The first-order valence-electron chi connectivity index (χ1n) is 9.89. The fraction of sp³-hybridized carbons (Fsp3) is 0.619. The molecule has 0 amide bonds. The summed E-state index contributed by atoms with van der Waals surface area (Å²) in [6.45, 7) is 20.4. The van der Waals surface area contributed by atoms with Crippen LogP contribution in [0, 0.1) is 0 Å². The molecule has 0 aliphatic carbocycles. The number of rotatable bonds is 5. The van der Waals surface area contributed by atoms with Crippen molar-refractivity contribution in [2.24, 2.45) is 0 Å². The molecule has 0 bridgehead atoms. The molecular weight excluding hydrogens is 354 g/mol. The van der Waals surface area contributed by atoms with Gasteiger partial charge in [0.1, 0.15) is 12.4 Å². The zero-order valence-electron chi connectivity index (χ0n) is 18.4. The van der Waals surface area contributed by atoms with Crippen molar-refractivity contribution in [3.05, 3.63) is 30.9 Å². The smallest absolute Gasteiger partial charge is 0.490 e. The topological polar surface area (TPSA) is 46.2 Å². The second-order valence-corrected chi connectivity index (χ2v) is 9.54. The first-order valence-corrected chi connectivity index (χ1v) is 9.89. The fourth-order valence-corrected chi connectivity index (χ4v) is 3.22. The van der Waals surface area contributed by atoms with Gasteiger partial charge in [-0.05, 0) is 66.9 Å². The van der Waals surface area contributed by atoms with E-state index in [1.54, 1.807) is 6.08 Å². The van der Waals surface area contributed by atoms with Crippen LogP contribution in [0.3, 0.4) is 0 Å². The van der Waals surface area contributed by atoms with Gasteiger partial charge in [-0.2, -0.15) is 0 Å². The van der Waals surface area contributed by atoms with E-state index in [1.165, 1.54) is 0 Å². The predicted octanol–water partition coefficient (Wildman–Crippen LogP) is 2.85. The van der Waals surface area contributed by atoms with Crippen LogP contribution in [0.2, 0.25) is 0 Å². The van der Waals surface area contributed by atoms with Crippen molar-refractivity contribution in [2.45, 2.75) is 77.8 Å². The highest BCUT2D eigenvalue weighted by atomic mass is 16.7. The predicted molar refractivity (Wildman–Crippen MR) is 114 cm³/mol. The van der Waals surface area contributed by atoms with Gasteiger partial charge in [0.15, 0.2) is 0 Å². The molecule has 2 aliphatic rings. The van der Waals surface area contributed by atoms with Crippen LogP contribution in [0.1, 0.15) is 55.4 Å². The van der Waals surface area contributed by atoms with E-state index in [2.05, 4.69) is 6.58 Å². The van der Waals surface area contributed by atoms with Gasteiger partial charge < -0.3 is 23.4 Å². The second kappa shape index (κ2) is 6.91. The Labute approximate surface area is 170 Å². The lowest BCUT2D eigenvalue weighted by Gasteiger charge is -2.32. The van der Waals surface area contributed by atoms with Crippen molar-refractivity contribution in [2.75, 3.05) is 6.61 Å². The van der Waals surface area contributed by atoms with E-state index >= 15 is 0 Å². The van der Waals surface area contributed by atoms with E-state index in [0.29, 0.717) is 12.4 Å². The zero-order chi connectivity index (χ0) is 21.0. The Morgan fingerprint density at radius 3 is 1.75 bits per heavy atom. The molecule has 2 fully saturated rings. The van der Waals surface area contributed by atoms with Gasteiger partial charge in [-0.15, -0.1) is 0 Å². The minimum absolute atomic E-state index is 0.388. The van der Waals surface area contributed by atoms with E-state index < -0.39 is 36.6 Å². The summed E-state index contributed by atoms with van der Waals surface area (Å²) < 4.78 is 31.2. The maximum atomic E-state index is 6.34. The van der Waals surface area contributed by atoms with Gasteiger partial charge in [0.2, 0.25) is 0 Å². The molecule has 2 heterocycles. The van der Waals surface area contributed by atoms with Crippen LogP contribution in [-0.2, 0) is 18.6 Å². The molecule has 0 radical (unpaired) electrons. The molecule has 3 rings (SSSR count). The Hall–Kier alpha value is -1.27. The van der Waals surface area contributed by atoms with E-state index in [9.17, 15) is 0 Å². The minimum atomic E-state index is -0.583. The summed E-state index contributed by atoms with van der Waals surface area (Å²) >= 11 is 0. The summed E-state index contributed by atoms with van der Waals surface area (Å²) in [4.78, 5) is 0. The van der Waals surface area contributed by atoms with Crippen LogP contribution in [-0.4, -0.2) is 43.2 Å². The van der Waals surface area contributed by atoms with Crippen LogP contribution >= 0.6 is 0 Å². The molecule has 7 heteroatoms. The number of hydrogen-bond donors (Lipinski definition) is 0. The maximum absolute atomic E-state index is 6.34. The molecule has 152 valence electrons. The third-order valence-electron chi connectivity index (χ3n) is 6.45. The van der Waals surface area contributed by atoms with Crippen LogP contribution < -0.4 is 15.7 Å². The molecule has 2 saturated heterocycles. The van der Waals surface area contributed by atoms with Crippen LogP contribution in [0.4, 0.5) is 0 Å². The molecule has 1 aromatic carbocycles. The van der Waals surface area contributed by atoms with Crippen molar-refractivity contribution in [3.8, 4) is 5.75 Å². The lowest BCUT2D eigenvalue weighted by molar-refractivity contribution is 0.00578. The average molecular weight is 386 g/mol. The van der Waals surface area contributed by atoms with Gasteiger partial charge in [-0.25, -0.2) is 0 Å². The van der Waals surface area contributed by atoms with Gasteiger partial charge in [-0.1, -0.05) is 24.8 Å². The maximum Gasteiger partial charge on any atom is 0.498 e. The standard InChI is InChI=1S/C21H32B2O5/c1-10-14-24-16-13-11-12-15(22-25-18(2,3)19(4,5)26-22)17(16)23-27-20(6,7)21(8,9)28-23/h10-13H,1,14H2,2-9H3. The van der Waals surface area contributed by atoms with Crippen molar-refractivity contribution >= 4 is 25.2 Å². The Morgan fingerprint density at radius 2 is 1.29 bits per heavy atom. The van der Waals surface area contributed by atoms with Crippen LogP contribution in [0.15, 0.2) is 30.9 Å². The van der Waals surface area contributed by atoms with Gasteiger partial charge in [0.05, 0.1) is 22.4 Å². The monoisotopic (exact) mass is 386 g/mol. The molecule has 0 aromatic heterocycles. The molecule has 0 spiro atoms. The summed E-state index contributed by atoms with van der Waals surface area (Å²) in [5.41, 5.74) is -0.140. The van der Waals surface area contributed by atoms with E-state index in [1.807, 2.05) is 73.6 Å². The van der Waals surface area contributed by atoms with E-state index in [-0.39, 0.29) is 0 Å². The largest absolute Gasteiger partial charge is 0.498 e. The SMILES string of the molecule is C=CCOc1cccc(B2OC(C)(C)C(C)(C)O2)c1B1OC(C)(C)C(C)(C)O1. The molecule has 5 nitrogen and oxygen atoms in total. The summed E-state index contributed by atoms with van der Waals surface area (Å²) in [5, 5.41) is 0. The molecule has 0 N–H and O–H groups in total. The zero-order valence-corrected chi connectivity index (χ0v) is 18.4. The Kier molecular flexibility index (Phi) is 5.29. The van der Waals surface area contributed by atoms with Crippen molar-refractivity contribution in [1.29, 1.82) is 0 Å². The average Bonchev–Trinajstić information content (AvgIpc) is 2.92. The molecule has 28 heavy (non-hydrogen) atoms. The summed E-state index contributed by atoms with van der Waals surface area (Å²) in [6, 6.07) is 5.84. The molecule has 1 aromatic rings. The third kappa shape index (κ3) is 3.54. The van der Waals surface area contributed by atoms with Gasteiger partial charge in [0, 0.05) is 5.46 Å². The van der Waals surface area contributed by atoms with Crippen molar-refractivity contribution in [1.82, 2.24) is 0 Å². The second-order valence-electron chi connectivity index (χ2n) is 9.54. The lowest BCUT2D eigenvalue weighted by atomic mass is 9.64. The van der Waals surface area contributed by atoms with Crippen molar-refractivity contribution < 1.29 is 23.4 Å². The highest BCUT2D eigenvalue weighted by molar-refractivity contribution is 6.75. The lowest BCUT2D eigenvalue weighted by Crippen LogP contribution is -2.52. The third-order valence-corrected chi connectivity index (χ3v) is 6.45. The molecule has 2 aliphatic heterocycles. The summed E-state index contributed by atoms with van der Waals surface area (Å²) in [7, 11) is -1.12. The Bertz CT molecular complexity index is 725.